The van der Waals surface area contributed by atoms with Gasteiger partial charge in [0.05, 0.1) is 5.69 Å². The quantitative estimate of drug-likeness (QED) is 0.920. The number of thiazole rings is 1. The molecule has 1 aromatic carbocycles. The Hall–Kier alpha value is -1.88. The molecule has 0 saturated carbocycles. The minimum absolute atomic E-state index is 0.269. The van der Waals surface area contributed by atoms with Crippen molar-refractivity contribution in [3.05, 3.63) is 46.0 Å². The van der Waals surface area contributed by atoms with Crippen LogP contribution in [0.25, 0.3) is 0 Å². The van der Waals surface area contributed by atoms with Gasteiger partial charge in [0.25, 0.3) is 0 Å². The second kappa shape index (κ2) is 4.84. The summed E-state index contributed by atoms with van der Waals surface area (Å²) in [4.78, 5) is 18.6. The number of carboxylic acids is 1. The van der Waals surface area contributed by atoms with Gasteiger partial charge in [0.2, 0.25) is 0 Å². The monoisotopic (exact) mass is 302 g/mol. The third-order valence-corrected chi connectivity index (χ3v) is 4.74. The van der Waals surface area contributed by atoms with Crippen molar-refractivity contribution in [2.75, 3.05) is 4.90 Å². The lowest BCUT2D eigenvalue weighted by molar-refractivity contribution is 0.0699. The number of anilines is 1. The molecule has 0 atom stereocenters. The van der Waals surface area contributed by atoms with E-state index in [0.717, 1.165) is 18.2 Å². The zero-order valence-corrected chi connectivity index (χ0v) is 13.2. The number of hydrogen-bond acceptors (Lipinski definition) is 4. The van der Waals surface area contributed by atoms with Crippen LogP contribution in [-0.2, 0) is 18.5 Å². The summed E-state index contributed by atoms with van der Waals surface area (Å²) in [6, 6.07) is 8.30. The Labute approximate surface area is 128 Å². The van der Waals surface area contributed by atoms with Crippen molar-refractivity contribution >= 4 is 22.4 Å². The van der Waals surface area contributed by atoms with Gasteiger partial charge in [0.1, 0.15) is 4.88 Å². The summed E-state index contributed by atoms with van der Waals surface area (Å²) in [6.07, 6.45) is 0. The van der Waals surface area contributed by atoms with Gasteiger partial charge in [0.15, 0.2) is 5.13 Å². The molecule has 0 aliphatic carbocycles. The molecule has 4 nitrogen and oxygen atoms in total. The minimum atomic E-state index is -0.889. The van der Waals surface area contributed by atoms with Crippen LogP contribution in [0, 0.1) is 0 Å². The Morgan fingerprint density at radius 3 is 2.24 bits per heavy atom. The second-order valence-electron chi connectivity index (χ2n) is 6.35. The number of hydrogen-bond donors (Lipinski definition) is 1. The first-order valence-electron chi connectivity index (χ1n) is 6.92. The van der Waals surface area contributed by atoms with Gasteiger partial charge < -0.3 is 10.0 Å². The molecule has 0 fully saturated rings. The number of carboxylic acid groups (broad SMARTS) is 1. The van der Waals surface area contributed by atoms with Crippen molar-refractivity contribution in [2.24, 2.45) is 0 Å². The number of fused-ring (bicyclic) bond motifs is 1. The normalized spacial score (nSPS) is 14.3. The van der Waals surface area contributed by atoms with E-state index in [4.69, 9.17) is 0 Å². The largest absolute Gasteiger partial charge is 0.477 e. The van der Waals surface area contributed by atoms with Crippen LogP contribution < -0.4 is 4.90 Å². The zero-order chi connectivity index (χ0) is 15.2. The van der Waals surface area contributed by atoms with Gasteiger partial charge in [-0.2, -0.15) is 0 Å². The van der Waals surface area contributed by atoms with Crippen molar-refractivity contribution in [3.8, 4) is 0 Å². The Morgan fingerprint density at radius 2 is 1.81 bits per heavy atom. The molecule has 0 saturated heterocycles. The summed E-state index contributed by atoms with van der Waals surface area (Å²) >= 11 is 1.28. The Kier molecular flexibility index (Phi) is 3.24. The molecule has 0 unspecified atom stereocenters. The number of carbonyl (C=O) groups is 1. The third-order valence-electron chi connectivity index (χ3n) is 3.63. The SMILES string of the molecule is CC(C)(C)c1nc(N2Cc3ccccc3C2)sc1C(=O)O. The minimum Gasteiger partial charge on any atom is -0.477 e. The molecule has 2 heterocycles. The summed E-state index contributed by atoms with van der Waals surface area (Å²) < 4.78 is 0. The van der Waals surface area contributed by atoms with Crippen molar-refractivity contribution in [3.63, 3.8) is 0 Å². The summed E-state index contributed by atoms with van der Waals surface area (Å²) in [6.45, 7) is 7.59. The van der Waals surface area contributed by atoms with Crippen LogP contribution in [-0.4, -0.2) is 16.1 Å². The van der Waals surface area contributed by atoms with E-state index in [0.29, 0.717) is 10.6 Å². The van der Waals surface area contributed by atoms with Crippen LogP contribution in [0.1, 0.15) is 47.3 Å². The van der Waals surface area contributed by atoms with Crippen molar-refractivity contribution in [1.82, 2.24) is 4.98 Å². The molecule has 0 spiro atoms. The smallest absolute Gasteiger partial charge is 0.347 e. The van der Waals surface area contributed by atoms with Crippen LogP contribution in [0.2, 0.25) is 0 Å². The maximum Gasteiger partial charge on any atom is 0.347 e. The van der Waals surface area contributed by atoms with E-state index >= 15 is 0 Å². The highest BCUT2D eigenvalue weighted by atomic mass is 32.1. The van der Waals surface area contributed by atoms with Gasteiger partial charge in [-0.15, -0.1) is 0 Å². The highest BCUT2D eigenvalue weighted by Crippen LogP contribution is 2.37. The Morgan fingerprint density at radius 1 is 1.24 bits per heavy atom. The molecule has 0 amide bonds. The lowest BCUT2D eigenvalue weighted by Crippen LogP contribution is -2.17. The fraction of sp³-hybridized carbons (Fsp3) is 0.375. The zero-order valence-electron chi connectivity index (χ0n) is 12.4. The maximum atomic E-state index is 11.5. The molecule has 1 aliphatic heterocycles. The summed E-state index contributed by atoms with van der Waals surface area (Å²) in [7, 11) is 0. The first kappa shape index (κ1) is 14.1. The lowest BCUT2D eigenvalue weighted by atomic mass is 9.91. The Balaban J connectivity index is 1.97. The predicted molar refractivity (Wildman–Crippen MR) is 84.1 cm³/mol. The van der Waals surface area contributed by atoms with E-state index in [1.165, 1.54) is 22.5 Å². The fourth-order valence-corrected chi connectivity index (χ4v) is 3.68. The fourth-order valence-electron chi connectivity index (χ4n) is 2.57. The Bertz CT molecular complexity index is 676. The summed E-state index contributed by atoms with van der Waals surface area (Å²) in [5, 5.41) is 10.2. The average molecular weight is 302 g/mol. The maximum absolute atomic E-state index is 11.5. The van der Waals surface area contributed by atoms with Gasteiger partial charge >= 0.3 is 5.97 Å². The van der Waals surface area contributed by atoms with E-state index < -0.39 is 5.97 Å². The molecule has 0 radical (unpaired) electrons. The summed E-state index contributed by atoms with van der Waals surface area (Å²) in [5.41, 5.74) is 2.99. The molecular formula is C16H18N2O2S. The van der Waals surface area contributed by atoms with Crippen LogP contribution >= 0.6 is 11.3 Å². The third kappa shape index (κ3) is 2.53. The highest BCUT2D eigenvalue weighted by Gasteiger charge is 2.30. The van der Waals surface area contributed by atoms with Crippen molar-refractivity contribution in [1.29, 1.82) is 0 Å². The molecule has 5 heteroatoms. The second-order valence-corrected chi connectivity index (χ2v) is 7.33. The van der Waals surface area contributed by atoms with Crippen LogP contribution in [0.15, 0.2) is 24.3 Å². The van der Waals surface area contributed by atoms with Crippen LogP contribution in [0.5, 0.6) is 0 Å². The number of rotatable bonds is 2. The molecule has 0 bridgehead atoms. The predicted octanol–water partition coefficient (Wildman–Crippen LogP) is 3.66. The van der Waals surface area contributed by atoms with Gasteiger partial charge in [-0.25, -0.2) is 9.78 Å². The van der Waals surface area contributed by atoms with Crippen LogP contribution in [0.4, 0.5) is 5.13 Å². The summed E-state index contributed by atoms with van der Waals surface area (Å²) in [5.74, 6) is -0.889. The van der Waals surface area contributed by atoms with Crippen molar-refractivity contribution in [2.45, 2.75) is 39.3 Å². The average Bonchev–Trinajstić information content (AvgIpc) is 3.02. The lowest BCUT2D eigenvalue weighted by Gasteiger charge is -2.17. The van der Waals surface area contributed by atoms with Crippen molar-refractivity contribution < 1.29 is 9.90 Å². The molecule has 21 heavy (non-hydrogen) atoms. The van der Waals surface area contributed by atoms with Gasteiger partial charge in [-0.1, -0.05) is 56.4 Å². The highest BCUT2D eigenvalue weighted by molar-refractivity contribution is 7.17. The number of aromatic nitrogens is 1. The van der Waals surface area contributed by atoms with Gasteiger partial charge in [-0.05, 0) is 11.1 Å². The van der Waals surface area contributed by atoms with E-state index in [-0.39, 0.29) is 5.41 Å². The van der Waals surface area contributed by atoms with Gasteiger partial charge in [-0.3, -0.25) is 0 Å². The van der Waals surface area contributed by atoms with Crippen LogP contribution in [0.3, 0.4) is 0 Å². The number of nitrogens with zero attached hydrogens (tertiary/aromatic N) is 2. The first-order chi connectivity index (χ1) is 9.86. The van der Waals surface area contributed by atoms with Gasteiger partial charge in [0, 0.05) is 18.5 Å². The molecular weight excluding hydrogens is 284 g/mol. The van der Waals surface area contributed by atoms with E-state index in [9.17, 15) is 9.90 Å². The topological polar surface area (TPSA) is 53.4 Å². The number of aromatic carboxylic acids is 1. The van der Waals surface area contributed by atoms with E-state index in [1.807, 2.05) is 32.9 Å². The first-order valence-corrected chi connectivity index (χ1v) is 7.74. The van der Waals surface area contributed by atoms with E-state index in [1.54, 1.807) is 0 Å². The molecule has 1 N–H and O–H groups in total. The molecule has 2 aromatic rings. The van der Waals surface area contributed by atoms with E-state index in [2.05, 4.69) is 22.0 Å². The molecule has 3 rings (SSSR count). The standard InChI is InChI=1S/C16H18N2O2S/c1-16(2,3)13-12(14(19)20)21-15(17-13)18-8-10-6-4-5-7-11(10)9-18/h4-7H,8-9H2,1-3H3,(H,19,20). The molecule has 1 aromatic heterocycles. The number of benzene rings is 1. The molecule has 110 valence electrons. The molecule has 1 aliphatic rings.